The molecule has 0 unspecified atom stereocenters. The van der Waals surface area contributed by atoms with Crippen LogP contribution in [0, 0.1) is 0 Å². The zero-order valence-corrected chi connectivity index (χ0v) is 14.7. The molecule has 2 rings (SSSR count). The molecule has 0 aliphatic heterocycles. The van der Waals surface area contributed by atoms with E-state index < -0.39 is 5.97 Å². The Morgan fingerprint density at radius 3 is 2.23 bits per heavy atom. The fourth-order valence-electron chi connectivity index (χ4n) is 2.13. The van der Waals surface area contributed by atoms with E-state index in [9.17, 15) is 9.59 Å². The second kappa shape index (κ2) is 10.9. The van der Waals surface area contributed by atoms with Gasteiger partial charge in [0.2, 0.25) is 0 Å². The van der Waals surface area contributed by atoms with Crippen LogP contribution in [0.15, 0.2) is 54.6 Å². The van der Waals surface area contributed by atoms with E-state index >= 15 is 0 Å². The normalized spacial score (nSPS) is 10.2. The van der Waals surface area contributed by atoms with Crippen molar-refractivity contribution < 1.29 is 28.5 Å². The van der Waals surface area contributed by atoms with Crippen LogP contribution in [0.4, 0.5) is 0 Å². The Hall–Kier alpha value is -2.86. The number of carbonyl (C=O) groups is 2. The van der Waals surface area contributed by atoms with Gasteiger partial charge in [-0.15, -0.1) is 0 Å². The zero-order chi connectivity index (χ0) is 18.6. The molecule has 0 N–H and O–H groups in total. The topological polar surface area (TPSA) is 71.1 Å². The van der Waals surface area contributed by atoms with Gasteiger partial charge < -0.3 is 18.9 Å². The summed E-state index contributed by atoms with van der Waals surface area (Å²) < 4.78 is 21.0. The minimum atomic E-state index is -0.420. The lowest BCUT2D eigenvalue weighted by molar-refractivity contribution is 0.0272. The summed E-state index contributed by atoms with van der Waals surface area (Å²) in [5.74, 6) is -0.351. The van der Waals surface area contributed by atoms with Crippen LogP contribution < -0.4 is 4.74 Å². The first-order chi connectivity index (χ1) is 12.7. The monoisotopic (exact) mass is 358 g/mol. The lowest BCUT2D eigenvalue weighted by Crippen LogP contribution is -2.14. The third-order valence-corrected chi connectivity index (χ3v) is 3.34. The molecule has 2 aromatic carbocycles. The van der Waals surface area contributed by atoms with E-state index in [4.69, 9.17) is 18.9 Å². The third-order valence-electron chi connectivity index (χ3n) is 3.34. The van der Waals surface area contributed by atoms with Crippen molar-refractivity contribution in [1.82, 2.24) is 0 Å². The summed E-state index contributed by atoms with van der Waals surface area (Å²) in [5, 5.41) is 0. The quantitative estimate of drug-likeness (QED) is 0.480. The van der Waals surface area contributed by atoms with Gasteiger partial charge in [0.15, 0.2) is 0 Å². The van der Waals surface area contributed by atoms with Gasteiger partial charge in [0, 0.05) is 0 Å². The van der Waals surface area contributed by atoms with Crippen LogP contribution in [-0.4, -0.2) is 45.0 Å². The molecule has 0 aromatic heterocycles. The van der Waals surface area contributed by atoms with E-state index in [0.717, 1.165) is 0 Å². The summed E-state index contributed by atoms with van der Waals surface area (Å²) in [6, 6.07) is 15.6. The smallest absolute Gasteiger partial charge is 0.341 e. The van der Waals surface area contributed by atoms with Gasteiger partial charge in [0.1, 0.15) is 24.5 Å². The average molecular weight is 358 g/mol. The molecule has 0 saturated carbocycles. The Bertz CT molecular complexity index is 698. The molecule has 0 saturated heterocycles. The molecule has 6 nitrogen and oxygen atoms in total. The maximum absolute atomic E-state index is 11.8. The van der Waals surface area contributed by atoms with E-state index in [2.05, 4.69) is 0 Å². The van der Waals surface area contributed by atoms with Gasteiger partial charge in [0.05, 0.1) is 25.4 Å². The van der Waals surface area contributed by atoms with Crippen LogP contribution in [0.3, 0.4) is 0 Å². The molecule has 138 valence electrons. The summed E-state index contributed by atoms with van der Waals surface area (Å²) in [6.45, 7) is 3.05. The highest BCUT2D eigenvalue weighted by atomic mass is 16.6. The first kappa shape index (κ1) is 19.5. The first-order valence-corrected chi connectivity index (χ1v) is 8.41. The number of ether oxygens (including phenoxy) is 4. The van der Waals surface area contributed by atoms with Crippen LogP contribution in [0.2, 0.25) is 0 Å². The molecule has 0 radical (unpaired) electrons. The number of rotatable bonds is 10. The Kier molecular flexibility index (Phi) is 8.15. The minimum Gasteiger partial charge on any atom is -0.490 e. The first-order valence-electron chi connectivity index (χ1n) is 8.41. The van der Waals surface area contributed by atoms with Crippen LogP contribution in [0.25, 0.3) is 0 Å². The fourth-order valence-corrected chi connectivity index (χ4v) is 2.13. The third kappa shape index (κ3) is 6.22. The van der Waals surface area contributed by atoms with Crippen molar-refractivity contribution in [3.8, 4) is 5.75 Å². The Morgan fingerprint density at radius 1 is 0.769 bits per heavy atom. The number of hydrogen-bond acceptors (Lipinski definition) is 6. The van der Waals surface area contributed by atoms with Gasteiger partial charge in [-0.25, -0.2) is 9.59 Å². The lowest BCUT2D eigenvalue weighted by atomic mass is 10.2. The van der Waals surface area contributed by atoms with E-state index in [0.29, 0.717) is 30.1 Å². The maximum atomic E-state index is 11.8. The molecule has 0 bridgehead atoms. The molecular formula is C20H22O6. The highest BCUT2D eigenvalue weighted by Crippen LogP contribution is 2.18. The van der Waals surface area contributed by atoms with Gasteiger partial charge >= 0.3 is 11.9 Å². The van der Waals surface area contributed by atoms with Crippen molar-refractivity contribution in [1.29, 1.82) is 0 Å². The lowest BCUT2D eigenvalue weighted by Gasteiger charge is -2.11. The molecular weight excluding hydrogens is 336 g/mol. The molecule has 26 heavy (non-hydrogen) atoms. The number of esters is 2. The van der Waals surface area contributed by atoms with Gasteiger partial charge in [-0.3, -0.25) is 0 Å². The van der Waals surface area contributed by atoms with Crippen molar-refractivity contribution >= 4 is 11.9 Å². The standard InChI is InChI=1S/C20H22O6/c1-2-24-20(22)17-10-6-7-11-18(17)25-14-12-23-13-15-26-19(21)16-8-4-3-5-9-16/h3-11H,2,12-15H2,1H3. The van der Waals surface area contributed by atoms with Gasteiger partial charge in [-0.05, 0) is 31.2 Å². The summed E-state index contributed by atoms with van der Waals surface area (Å²) in [7, 11) is 0. The number of carbonyl (C=O) groups excluding carboxylic acids is 2. The van der Waals surface area contributed by atoms with Crippen molar-refractivity contribution in [2.45, 2.75) is 6.92 Å². The van der Waals surface area contributed by atoms with Gasteiger partial charge in [-0.1, -0.05) is 30.3 Å². The van der Waals surface area contributed by atoms with E-state index in [1.54, 1.807) is 55.5 Å². The predicted octanol–water partition coefficient (Wildman–Crippen LogP) is 3.12. The van der Waals surface area contributed by atoms with Crippen LogP contribution in [-0.2, 0) is 14.2 Å². The van der Waals surface area contributed by atoms with Crippen LogP contribution >= 0.6 is 0 Å². The minimum absolute atomic E-state index is 0.160. The zero-order valence-electron chi connectivity index (χ0n) is 14.7. The number of para-hydroxylation sites is 1. The van der Waals surface area contributed by atoms with Crippen LogP contribution in [0.5, 0.6) is 5.75 Å². The second-order valence-corrected chi connectivity index (χ2v) is 5.18. The second-order valence-electron chi connectivity index (χ2n) is 5.18. The molecule has 6 heteroatoms. The fraction of sp³-hybridized carbons (Fsp3) is 0.300. The summed E-state index contributed by atoms with van der Waals surface area (Å²) in [4.78, 5) is 23.6. The predicted molar refractivity (Wildman–Crippen MR) is 95.4 cm³/mol. The molecule has 0 atom stereocenters. The summed E-state index contributed by atoms with van der Waals surface area (Å²) in [5.41, 5.74) is 0.887. The highest BCUT2D eigenvalue weighted by molar-refractivity contribution is 5.92. The van der Waals surface area contributed by atoms with E-state index in [-0.39, 0.29) is 25.8 Å². The van der Waals surface area contributed by atoms with Crippen molar-refractivity contribution in [3.05, 3.63) is 65.7 Å². The van der Waals surface area contributed by atoms with Crippen molar-refractivity contribution in [3.63, 3.8) is 0 Å². The molecule has 0 fully saturated rings. The largest absolute Gasteiger partial charge is 0.490 e. The maximum Gasteiger partial charge on any atom is 0.341 e. The van der Waals surface area contributed by atoms with Crippen molar-refractivity contribution in [2.75, 3.05) is 33.0 Å². The Morgan fingerprint density at radius 2 is 1.46 bits per heavy atom. The molecule has 0 heterocycles. The van der Waals surface area contributed by atoms with Crippen LogP contribution in [0.1, 0.15) is 27.6 Å². The number of hydrogen-bond donors (Lipinski definition) is 0. The molecule has 0 aliphatic rings. The molecule has 2 aromatic rings. The molecule has 0 aliphatic carbocycles. The highest BCUT2D eigenvalue weighted by Gasteiger charge is 2.12. The van der Waals surface area contributed by atoms with E-state index in [1.807, 2.05) is 6.07 Å². The summed E-state index contributed by atoms with van der Waals surface area (Å²) >= 11 is 0. The molecule has 0 spiro atoms. The van der Waals surface area contributed by atoms with E-state index in [1.165, 1.54) is 0 Å². The molecule has 0 amide bonds. The van der Waals surface area contributed by atoms with Crippen molar-refractivity contribution in [2.24, 2.45) is 0 Å². The Labute approximate surface area is 152 Å². The number of benzene rings is 2. The SMILES string of the molecule is CCOC(=O)c1ccccc1OCCOCCOC(=O)c1ccccc1. The summed E-state index contributed by atoms with van der Waals surface area (Å²) in [6.07, 6.45) is 0. The van der Waals surface area contributed by atoms with Gasteiger partial charge in [-0.2, -0.15) is 0 Å². The van der Waals surface area contributed by atoms with Gasteiger partial charge in [0.25, 0.3) is 0 Å². The Balaban J connectivity index is 1.64. The average Bonchev–Trinajstić information content (AvgIpc) is 2.68.